The van der Waals surface area contributed by atoms with E-state index in [-0.39, 0.29) is 5.03 Å². The van der Waals surface area contributed by atoms with Gasteiger partial charge in [-0.1, -0.05) is 12.1 Å². The molecule has 0 aliphatic heterocycles. The summed E-state index contributed by atoms with van der Waals surface area (Å²) in [6, 6.07) is 10.4. The average Bonchev–Trinajstić information content (AvgIpc) is 2.16. The molecule has 0 saturated heterocycles. The fourth-order valence-electron chi connectivity index (χ4n) is 1.58. The lowest BCUT2D eigenvalue weighted by Gasteiger charge is -1.99. The molecular formula is C10H10NO3S+. The van der Waals surface area contributed by atoms with Crippen molar-refractivity contribution < 1.29 is 17.5 Å². The Kier molecular flexibility index (Phi) is 2.21. The van der Waals surface area contributed by atoms with Gasteiger partial charge in [-0.25, -0.2) is 0 Å². The van der Waals surface area contributed by atoms with Crippen LogP contribution in [0.2, 0.25) is 0 Å². The van der Waals surface area contributed by atoms with Crippen LogP contribution in [0, 0.1) is 0 Å². The minimum absolute atomic E-state index is 0.110. The Bertz CT molecular complexity index is 620. The predicted octanol–water partition coefficient (Wildman–Crippen LogP) is 0.911. The first kappa shape index (κ1) is 10.1. The van der Waals surface area contributed by atoms with Crippen molar-refractivity contribution in [3.63, 3.8) is 0 Å². The third-order valence-corrected chi connectivity index (χ3v) is 3.24. The van der Waals surface area contributed by atoms with Crippen LogP contribution in [0.5, 0.6) is 0 Å². The third-order valence-electron chi connectivity index (χ3n) is 2.30. The maximum Gasteiger partial charge on any atom is 0.355 e. The van der Waals surface area contributed by atoms with Gasteiger partial charge in [0, 0.05) is 17.5 Å². The molecule has 2 aromatic rings. The monoisotopic (exact) mass is 224 g/mol. The molecule has 2 rings (SSSR count). The molecule has 0 fully saturated rings. The molecule has 1 N–H and O–H groups in total. The van der Waals surface area contributed by atoms with Crippen LogP contribution in [0.25, 0.3) is 10.9 Å². The number of para-hydroxylation sites is 1. The van der Waals surface area contributed by atoms with Gasteiger partial charge in [-0.15, -0.1) is 0 Å². The van der Waals surface area contributed by atoms with Crippen molar-refractivity contribution in [2.45, 2.75) is 5.03 Å². The van der Waals surface area contributed by atoms with E-state index in [1.807, 2.05) is 18.2 Å². The fourth-order valence-corrected chi connectivity index (χ4v) is 2.27. The van der Waals surface area contributed by atoms with Crippen LogP contribution in [0.15, 0.2) is 41.4 Å². The van der Waals surface area contributed by atoms with Crippen LogP contribution in [-0.2, 0) is 17.2 Å². The number of aryl methyl sites for hydroxylation is 1. The minimum Gasteiger partial charge on any atom is -0.277 e. The van der Waals surface area contributed by atoms with Gasteiger partial charge < -0.3 is 0 Å². The lowest BCUT2D eigenvalue weighted by Crippen LogP contribution is -2.36. The number of fused-ring (bicyclic) bond motifs is 1. The zero-order chi connectivity index (χ0) is 11.1. The van der Waals surface area contributed by atoms with E-state index >= 15 is 0 Å². The van der Waals surface area contributed by atoms with Crippen LogP contribution in [0.4, 0.5) is 0 Å². The molecule has 78 valence electrons. The first-order chi connectivity index (χ1) is 7.00. The van der Waals surface area contributed by atoms with Gasteiger partial charge in [0.05, 0.1) is 0 Å². The SMILES string of the molecule is C[n+]1c(S(=O)(=O)O)ccc2ccccc21. The molecule has 0 unspecified atom stereocenters. The number of pyridine rings is 1. The summed E-state index contributed by atoms with van der Waals surface area (Å²) >= 11 is 0. The maximum absolute atomic E-state index is 11.0. The number of hydrogen-bond acceptors (Lipinski definition) is 2. The summed E-state index contributed by atoms with van der Waals surface area (Å²) in [5, 5.41) is 0.814. The van der Waals surface area contributed by atoms with E-state index in [1.54, 1.807) is 19.2 Å². The molecule has 0 aliphatic carbocycles. The highest BCUT2D eigenvalue weighted by Crippen LogP contribution is 2.12. The zero-order valence-electron chi connectivity index (χ0n) is 8.08. The van der Waals surface area contributed by atoms with Gasteiger partial charge in [0.25, 0.3) is 0 Å². The molecule has 0 bridgehead atoms. The Morgan fingerprint density at radius 2 is 1.80 bits per heavy atom. The number of rotatable bonds is 1. The van der Waals surface area contributed by atoms with Crippen molar-refractivity contribution >= 4 is 21.0 Å². The van der Waals surface area contributed by atoms with E-state index in [1.165, 1.54) is 10.6 Å². The van der Waals surface area contributed by atoms with E-state index in [0.717, 1.165) is 10.9 Å². The molecule has 5 heteroatoms. The lowest BCUT2D eigenvalue weighted by atomic mass is 10.2. The van der Waals surface area contributed by atoms with Crippen molar-refractivity contribution in [2.75, 3.05) is 0 Å². The molecule has 15 heavy (non-hydrogen) atoms. The first-order valence-corrected chi connectivity index (χ1v) is 5.79. The Morgan fingerprint density at radius 1 is 1.13 bits per heavy atom. The van der Waals surface area contributed by atoms with Gasteiger partial charge in [0.15, 0.2) is 0 Å². The van der Waals surface area contributed by atoms with E-state index in [4.69, 9.17) is 4.55 Å². The highest BCUT2D eigenvalue weighted by Gasteiger charge is 2.22. The Labute approximate surface area is 87.5 Å². The van der Waals surface area contributed by atoms with Gasteiger partial charge >= 0.3 is 15.1 Å². The molecular weight excluding hydrogens is 214 g/mol. The van der Waals surface area contributed by atoms with Gasteiger partial charge in [0.1, 0.15) is 7.05 Å². The van der Waals surface area contributed by atoms with Crippen LogP contribution >= 0.6 is 0 Å². The van der Waals surface area contributed by atoms with Crippen molar-refractivity contribution in [3.05, 3.63) is 36.4 Å². The number of aromatic nitrogens is 1. The van der Waals surface area contributed by atoms with Crippen LogP contribution in [0.1, 0.15) is 0 Å². The molecule has 1 heterocycles. The summed E-state index contributed by atoms with van der Waals surface area (Å²) in [5.74, 6) is 0. The third kappa shape index (κ3) is 1.71. The molecule has 0 saturated carbocycles. The average molecular weight is 224 g/mol. The van der Waals surface area contributed by atoms with E-state index in [9.17, 15) is 8.42 Å². The summed E-state index contributed by atoms with van der Waals surface area (Å²) in [5.41, 5.74) is 0.757. The van der Waals surface area contributed by atoms with Gasteiger partial charge in [-0.2, -0.15) is 13.0 Å². The summed E-state index contributed by atoms with van der Waals surface area (Å²) in [4.78, 5) is 0. The predicted molar refractivity (Wildman–Crippen MR) is 54.9 cm³/mol. The number of benzene rings is 1. The largest absolute Gasteiger partial charge is 0.355 e. The second-order valence-electron chi connectivity index (χ2n) is 3.26. The summed E-state index contributed by atoms with van der Waals surface area (Å²) < 4.78 is 32.5. The topological polar surface area (TPSA) is 58.2 Å². The zero-order valence-corrected chi connectivity index (χ0v) is 8.90. The minimum atomic E-state index is -4.16. The fraction of sp³-hybridized carbons (Fsp3) is 0.100. The maximum atomic E-state index is 11.0. The first-order valence-electron chi connectivity index (χ1n) is 4.35. The highest BCUT2D eigenvalue weighted by molar-refractivity contribution is 7.85. The quantitative estimate of drug-likeness (QED) is 0.578. The number of nitrogens with zero attached hydrogens (tertiary/aromatic N) is 1. The van der Waals surface area contributed by atoms with Crippen LogP contribution < -0.4 is 4.57 Å². The van der Waals surface area contributed by atoms with Crippen molar-refractivity contribution in [1.82, 2.24) is 0 Å². The Hall–Kier alpha value is -1.46. The number of hydrogen-bond donors (Lipinski definition) is 1. The molecule has 1 aromatic heterocycles. The van der Waals surface area contributed by atoms with Gasteiger partial charge in [0.2, 0.25) is 5.52 Å². The van der Waals surface area contributed by atoms with E-state index in [2.05, 4.69) is 0 Å². The Morgan fingerprint density at radius 3 is 2.47 bits per heavy atom. The standard InChI is InChI=1S/C10H9NO3S/c1-11-9-5-3-2-4-8(9)6-7-10(11)15(12,13)14/h2-7H,1H3/p+1. The Balaban J connectivity index is 2.88. The normalized spacial score (nSPS) is 11.9. The molecule has 0 radical (unpaired) electrons. The lowest BCUT2D eigenvalue weighted by molar-refractivity contribution is -0.684. The van der Waals surface area contributed by atoms with Gasteiger partial charge in [-0.05, 0) is 12.1 Å². The van der Waals surface area contributed by atoms with Crippen molar-refractivity contribution in [2.24, 2.45) is 7.05 Å². The summed E-state index contributed by atoms with van der Waals surface area (Å²) in [7, 11) is -2.56. The summed E-state index contributed by atoms with van der Waals surface area (Å²) in [6.07, 6.45) is 0. The van der Waals surface area contributed by atoms with Gasteiger partial charge in [-0.3, -0.25) is 4.55 Å². The van der Waals surface area contributed by atoms with Crippen molar-refractivity contribution in [1.29, 1.82) is 0 Å². The van der Waals surface area contributed by atoms with E-state index in [0.29, 0.717) is 0 Å². The molecule has 1 aromatic carbocycles. The molecule has 0 aliphatic rings. The molecule has 0 amide bonds. The van der Waals surface area contributed by atoms with Crippen LogP contribution in [-0.4, -0.2) is 13.0 Å². The smallest absolute Gasteiger partial charge is 0.277 e. The van der Waals surface area contributed by atoms with Crippen LogP contribution in [0.3, 0.4) is 0 Å². The van der Waals surface area contributed by atoms with E-state index < -0.39 is 10.1 Å². The molecule has 0 spiro atoms. The molecule has 4 nitrogen and oxygen atoms in total. The highest BCUT2D eigenvalue weighted by atomic mass is 32.2. The second kappa shape index (κ2) is 3.29. The van der Waals surface area contributed by atoms with Crippen molar-refractivity contribution in [3.8, 4) is 0 Å². The molecule has 0 atom stereocenters. The summed E-state index contributed by atoms with van der Waals surface area (Å²) in [6.45, 7) is 0. The second-order valence-corrected chi connectivity index (χ2v) is 4.63.